The summed E-state index contributed by atoms with van der Waals surface area (Å²) < 4.78 is 10.1. The third kappa shape index (κ3) is 5.63. The number of hydrogen-bond acceptors (Lipinski definition) is 10. The number of ketones is 1. The van der Waals surface area contributed by atoms with Gasteiger partial charge in [-0.1, -0.05) is 13.0 Å². The van der Waals surface area contributed by atoms with Crippen molar-refractivity contribution in [1.82, 2.24) is 9.88 Å². The van der Waals surface area contributed by atoms with Crippen molar-refractivity contribution in [1.29, 1.82) is 0 Å². The molecule has 1 atom stereocenters. The number of rotatable bonds is 10. The molecule has 0 aliphatic heterocycles. The van der Waals surface area contributed by atoms with E-state index < -0.39 is 11.3 Å². The van der Waals surface area contributed by atoms with Gasteiger partial charge in [0.25, 0.3) is 0 Å². The summed E-state index contributed by atoms with van der Waals surface area (Å²) in [4.78, 5) is 43.4. The summed E-state index contributed by atoms with van der Waals surface area (Å²) in [5.41, 5.74) is -2.17. The maximum absolute atomic E-state index is 13.1. The number of nitrogens with zero attached hydrogens (tertiary/aromatic N) is 2. The fourth-order valence-electron chi connectivity index (χ4n) is 2.69. The Morgan fingerprint density at radius 1 is 1.27 bits per heavy atom. The minimum atomic E-state index is -1.14. The van der Waals surface area contributed by atoms with Crippen molar-refractivity contribution in [3.8, 4) is 0 Å². The zero-order chi connectivity index (χ0) is 21.7. The fourth-order valence-corrected chi connectivity index (χ4v) is 5.55. The second kappa shape index (κ2) is 10.4. The van der Waals surface area contributed by atoms with Gasteiger partial charge >= 0.3 is 11.3 Å². The molecule has 0 radical (unpaired) electrons. The number of thiophene rings is 1. The van der Waals surface area contributed by atoms with Crippen molar-refractivity contribution in [3.63, 3.8) is 0 Å². The Bertz CT molecular complexity index is 1120. The number of carbonyl (C=O) groups is 1. The molecule has 3 rings (SSSR count). The highest BCUT2D eigenvalue weighted by Crippen LogP contribution is 2.33. The molecule has 1 unspecified atom stereocenters. The van der Waals surface area contributed by atoms with Crippen LogP contribution in [0, 0.1) is 0 Å². The maximum Gasteiger partial charge on any atom is 0.423 e. The molecule has 0 aliphatic rings. The van der Waals surface area contributed by atoms with Gasteiger partial charge in [0.2, 0.25) is 5.78 Å². The van der Waals surface area contributed by atoms with Crippen molar-refractivity contribution in [2.24, 2.45) is 0 Å². The minimum Gasteiger partial charge on any atom is -0.413 e. The van der Waals surface area contributed by atoms with Crippen LogP contribution >= 0.6 is 34.9 Å². The predicted molar refractivity (Wildman–Crippen MR) is 122 cm³/mol. The molecule has 10 heteroatoms. The summed E-state index contributed by atoms with van der Waals surface area (Å²) in [5.74, 6) is 1.63. The van der Waals surface area contributed by atoms with Gasteiger partial charge < -0.3 is 13.7 Å². The predicted octanol–water partition coefficient (Wildman–Crippen LogP) is 3.60. The van der Waals surface area contributed by atoms with Gasteiger partial charge in [-0.05, 0) is 44.3 Å². The number of thioether (sulfide) groups is 2. The molecule has 0 spiro atoms. The second-order valence-corrected chi connectivity index (χ2v) is 10.4. The Hall–Kier alpha value is -1.88. The molecule has 3 aromatic heterocycles. The molecular formula is C20H22N2O5S3. The lowest BCUT2D eigenvalue weighted by atomic mass is 10.1. The Morgan fingerprint density at radius 3 is 2.73 bits per heavy atom. The van der Waals surface area contributed by atoms with Gasteiger partial charge in [-0.25, -0.2) is 14.6 Å². The quantitative estimate of drug-likeness (QED) is 0.192. The van der Waals surface area contributed by atoms with E-state index in [1.807, 2.05) is 11.8 Å². The van der Waals surface area contributed by atoms with Gasteiger partial charge in [-0.2, -0.15) is 11.8 Å². The molecule has 0 aromatic carbocycles. The molecule has 3 heterocycles. The van der Waals surface area contributed by atoms with Crippen molar-refractivity contribution < 1.29 is 13.6 Å². The van der Waals surface area contributed by atoms with Crippen LogP contribution in [-0.2, 0) is 0 Å². The van der Waals surface area contributed by atoms with Crippen molar-refractivity contribution in [2.45, 2.75) is 23.6 Å². The summed E-state index contributed by atoms with van der Waals surface area (Å²) in [6, 6.07) is 3.47. The molecular weight excluding hydrogens is 444 g/mol. The zero-order valence-corrected chi connectivity index (χ0v) is 19.3. The average molecular weight is 467 g/mol. The van der Waals surface area contributed by atoms with E-state index >= 15 is 0 Å². The van der Waals surface area contributed by atoms with Crippen LogP contribution in [0.4, 0.5) is 0 Å². The SMILES string of the molecule is CC(CSCCCN(C)C)Sc1ncc2oc(=O)c(=O)oc2c1C(=O)c1cccs1. The van der Waals surface area contributed by atoms with E-state index in [0.29, 0.717) is 9.90 Å². The molecule has 0 saturated carbocycles. The van der Waals surface area contributed by atoms with Crippen LogP contribution in [0.25, 0.3) is 11.2 Å². The normalized spacial score (nSPS) is 12.5. The molecule has 0 N–H and O–H groups in total. The number of aromatic nitrogens is 1. The molecule has 30 heavy (non-hydrogen) atoms. The van der Waals surface area contributed by atoms with Crippen LogP contribution in [0.1, 0.15) is 28.6 Å². The molecule has 7 nitrogen and oxygen atoms in total. The third-order valence-electron chi connectivity index (χ3n) is 4.06. The smallest absolute Gasteiger partial charge is 0.413 e. The van der Waals surface area contributed by atoms with Crippen LogP contribution in [0.3, 0.4) is 0 Å². The van der Waals surface area contributed by atoms with Gasteiger partial charge in [0, 0.05) is 11.0 Å². The van der Waals surface area contributed by atoms with E-state index in [4.69, 9.17) is 8.83 Å². The Labute approximate surface area is 185 Å². The molecule has 0 fully saturated rings. The van der Waals surface area contributed by atoms with E-state index in [0.717, 1.165) is 24.5 Å². The molecule has 160 valence electrons. The fraction of sp³-hybridized carbons (Fsp3) is 0.400. The second-order valence-electron chi connectivity index (χ2n) is 6.88. The molecule has 0 bridgehead atoms. The summed E-state index contributed by atoms with van der Waals surface area (Å²) in [5, 5.41) is 2.43. The first kappa shape index (κ1) is 22.8. The Balaban J connectivity index is 1.87. The average Bonchev–Trinajstić information content (AvgIpc) is 3.23. The lowest BCUT2D eigenvalue weighted by molar-refractivity contribution is 0.103. The van der Waals surface area contributed by atoms with Gasteiger partial charge in [-0.15, -0.1) is 23.1 Å². The topological polar surface area (TPSA) is 93.6 Å². The number of pyridine rings is 1. The lowest BCUT2D eigenvalue weighted by Crippen LogP contribution is -2.22. The van der Waals surface area contributed by atoms with Crippen molar-refractivity contribution in [2.75, 3.05) is 32.1 Å². The highest BCUT2D eigenvalue weighted by atomic mass is 32.2. The van der Waals surface area contributed by atoms with Crippen LogP contribution in [0.5, 0.6) is 0 Å². The van der Waals surface area contributed by atoms with Crippen LogP contribution < -0.4 is 11.3 Å². The van der Waals surface area contributed by atoms with E-state index in [-0.39, 0.29) is 27.8 Å². The first-order valence-corrected chi connectivity index (χ1v) is 12.2. The first-order valence-electron chi connectivity index (χ1n) is 9.31. The minimum absolute atomic E-state index is 0.0189. The van der Waals surface area contributed by atoms with Gasteiger partial charge in [0.05, 0.1) is 11.1 Å². The largest absolute Gasteiger partial charge is 0.423 e. The van der Waals surface area contributed by atoms with Crippen molar-refractivity contribution >= 4 is 51.8 Å². The van der Waals surface area contributed by atoms with Gasteiger partial charge in [0.15, 0.2) is 11.2 Å². The maximum atomic E-state index is 13.1. The Kier molecular flexibility index (Phi) is 7.93. The summed E-state index contributed by atoms with van der Waals surface area (Å²) in [7, 11) is 4.11. The van der Waals surface area contributed by atoms with E-state index in [1.165, 1.54) is 29.3 Å². The van der Waals surface area contributed by atoms with Crippen molar-refractivity contribution in [3.05, 3.63) is 55.0 Å². The number of hydrogen-bond donors (Lipinski definition) is 0. The van der Waals surface area contributed by atoms with E-state index in [1.54, 1.807) is 17.5 Å². The molecule has 3 aromatic rings. The van der Waals surface area contributed by atoms with Gasteiger partial charge in [0.1, 0.15) is 10.6 Å². The highest BCUT2D eigenvalue weighted by molar-refractivity contribution is 8.03. The lowest BCUT2D eigenvalue weighted by Gasteiger charge is -2.14. The summed E-state index contributed by atoms with van der Waals surface area (Å²) in [6.07, 6.45) is 2.43. The van der Waals surface area contributed by atoms with E-state index in [9.17, 15) is 14.4 Å². The monoisotopic (exact) mass is 466 g/mol. The van der Waals surface area contributed by atoms with Crippen LogP contribution in [0.15, 0.2) is 47.2 Å². The van der Waals surface area contributed by atoms with Gasteiger partial charge in [-0.3, -0.25) is 4.79 Å². The number of fused-ring (bicyclic) bond motifs is 1. The standard InChI is InChI=1S/C20H22N2O5S3/c1-12(11-28-8-5-7-22(2)3)30-18-15(16(23)14-6-4-9-29-14)17-13(10-21-18)26-19(24)20(25)27-17/h4,6,9-10,12H,5,7-8,11H2,1-3H3. The number of carbonyl (C=O) groups excluding carboxylic acids is 1. The molecule has 0 amide bonds. The third-order valence-corrected chi connectivity index (χ3v) is 7.55. The first-order chi connectivity index (χ1) is 14.4. The molecule has 0 saturated heterocycles. The van der Waals surface area contributed by atoms with E-state index in [2.05, 4.69) is 30.9 Å². The summed E-state index contributed by atoms with van der Waals surface area (Å²) >= 11 is 4.58. The molecule has 0 aliphatic carbocycles. The zero-order valence-electron chi connectivity index (χ0n) is 16.9. The summed E-state index contributed by atoms with van der Waals surface area (Å²) in [6.45, 7) is 3.11. The highest BCUT2D eigenvalue weighted by Gasteiger charge is 2.25. The Morgan fingerprint density at radius 2 is 2.03 bits per heavy atom. The van der Waals surface area contributed by atoms with Crippen LogP contribution in [0.2, 0.25) is 0 Å². The van der Waals surface area contributed by atoms with Crippen LogP contribution in [-0.4, -0.2) is 53.1 Å².